The van der Waals surface area contributed by atoms with Crippen LogP contribution in [-0.4, -0.2) is 40.7 Å². The van der Waals surface area contributed by atoms with E-state index >= 15 is 0 Å². The molecule has 174 valence electrons. The Hall–Kier alpha value is -3.43. The van der Waals surface area contributed by atoms with Crippen molar-refractivity contribution in [1.29, 1.82) is 0 Å². The lowest BCUT2D eigenvalue weighted by molar-refractivity contribution is -0.115. The number of amides is 2. The van der Waals surface area contributed by atoms with Crippen molar-refractivity contribution in [2.24, 2.45) is 5.92 Å². The number of anilines is 1. The molecule has 0 spiro atoms. The molecule has 0 unspecified atom stereocenters. The van der Waals surface area contributed by atoms with Crippen molar-refractivity contribution in [3.63, 3.8) is 0 Å². The Kier molecular flexibility index (Phi) is 6.73. The molecule has 5 rings (SSSR count). The second-order valence-electron chi connectivity index (χ2n) is 8.37. The highest BCUT2D eigenvalue weighted by Gasteiger charge is 2.25. The first-order valence-electron chi connectivity index (χ1n) is 11.3. The van der Waals surface area contributed by atoms with Gasteiger partial charge in [-0.3, -0.25) is 14.9 Å². The Bertz CT molecular complexity index is 1200. The molecular formula is C25H25N5O3S. The Morgan fingerprint density at radius 2 is 2.06 bits per heavy atom. The van der Waals surface area contributed by atoms with Gasteiger partial charge in [0.15, 0.2) is 0 Å². The molecule has 2 fully saturated rings. The summed E-state index contributed by atoms with van der Waals surface area (Å²) < 4.78 is 5.50. The van der Waals surface area contributed by atoms with Gasteiger partial charge in [-0.1, -0.05) is 18.2 Å². The third-order valence-corrected chi connectivity index (χ3v) is 6.79. The van der Waals surface area contributed by atoms with E-state index in [0.29, 0.717) is 22.5 Å². The van der Waals surface area contributed by atoms with E-state index in [0.717, 1.165) is 62.1 Å². The minimum absolute atomic E-state index is 0.355. The quantitative estimate of drug-likeness (QED) is 0.494. The van der Waals surface area contributed by atoms with Gasteiger partial charge in [0.1, 0.15) is 5.76 Å². The molecule has 0 atom stereocenters. The second kappa shape index (κ2) is 10.2. The van der Waals surface area contributed by atoms with Crippen LogP contribution in [0.5, 0.6) is 0 Å². The van der Waals surface area contributed by atoms with Crippen molar-refractivity contribution in [3.8, 4) is 11.3 Å². The van der Waals surface area contributed by atoms with Crippen LogP contribution in [0.3, 0.4) is 0 Å². The number of furan rings is 1. The zero-order valence-corrected chi connectivity index (χ0v) is 19.4. The van der Waals surface area contributed by atoms with Crippen LogP contribution in [0.25, 0.3) is 17.4 Å². The first kappa shape index (κ1) is 22.4. The SMILES string of the molecule is O=C1NC(=O)/C(=C\c2ccnc(N3CCC(CNCc4cccc(-c5ccco5)c4)CC3)n2)S1. The van der Waals surface area contributed by atoms with E-state index in [1.165, 1.54) is 5.56 Å². The summed E-state index contributed by atoms with van der Waals surface area (Å²) in [7, 11) is 0. The highest BCUT2D eigenvalue weighted by Crippen LogP contribution is 2.26. The molecule has 1 aromatic carbocycles. The number of imide groups is 1. The van der Waals surface area contributed by atoms with Gasteiger partial charge in [-0.25, -0.2) is 9.97 Å². The number of benzene rings is 1. The summed E-state index contributed by atoms with van der Waals surface area (Å²) >= 11 is 0.892. The van der Waals surface area contributed by atoms with E-state index in [1.807, 2.05) is 12.1 Å². The molecule has 4 heterocycles. The number of nitrogens with one attached hydrogen (secondary N) is 2. The van der Waals surface area contributed by atoms with Crippen molar-refractivity contribution in [2.75, 3.05) is 24.5 Å². The van der Waals surface area contributed by atoms with Crippen LogP contribution in [0.2, 0.25) is 0 Å². The Morgan fingerprint density at radius 1 is 1.18 bits per heavy atom. The molecule has 2 saturated heterocycles. The molecule has 2 aliphatic rings. The van der Waals surface area contributed by atoms with E-state index in [4.69, 9.17) is 4.42 Å². The van der Waals surface area contributed by atoms with Crippen molar-refractivity contribution in [1.82, 2.24) is 20.6 Å². The maximum absolute atomic E-state index is 11.8. The highest BCUT2D eigenvalue weighted by atomic mass is 32.2. The summed E-state index contributed by atoms with van der Waals surface area (Å²) in [6, 6.07) is 14.0. The summed E-state index contributed by atoms with van der Waals surface area (Å²) in [4.78, 5) is 34.7. The van der Waals surface area contributed by atoms with Gasteiger partial charge in [-0.05, 0) is 73.0 Å². The predicted molar refractivity (Wildman–Crippen MR) is 132 cm³/mol. The smallest absolute Gasteiger partial charge is 0.290 e. The molecule has 2 amide bonds. The van der Waals surface area contributed by atoms with Gasteiger partial charge < -0.3 is 14.6 Å². The highest BCUT2D eigenvalue weighted by molar-refractivity contribution is 8.18. The number of aromatic nitrogens is 2. The number of nitrogens with zero attached hydrogens (tertiary/aromatic N) is 3. The summed E-state index contributed by atoms with van der Waals surface area (Å²) in [6.45, 7) is 3.55. The van der Waals surface area contributed by atoms with Gasteiger partial charge in [0.05, 0.1) is 16.9 Å². The van der Waals surface area contributed by atoms with Crippen LogP contribution in [0.15, 0.2) is 64.2 Å². The Morgan fingerprint density at radius 3 is 2.82 bits per heavy atom. The standard InChI is InChI=1S/C25H25N5O3S/c31-23-22(34-25(32)29-23)14-20-6-9-27-24(28-20)30-10-7-17(8-11-30)15-26-16-18-3-1-4-19(13-18)21-5-2-12-33-21/h1-6,9,12-14,17,26H,7-8,10-11,15-16H2,(H,29,31,32)/b22-14+. The molecule has 9 heteroatoms. The third kappa shape index (κ3) is 5.37. The molecule has 3 aromatic rings. The van der Waals surface area contributed by atoms with Crippen molar-refractivity contribution >= 4 is 34.9 Å². The van der Waals surface area contributed by atoms with Crippen molar-refractivity contribution < 1.29 is 14.0 Å². The van der Waals surface area contributed by atoms with Crippen LogP contribution in [0.4, 0.5) is 10.7 Å². The number of thioether (sulfide) groups is 1. The molecule has 8 nitrogen and oxygen atoms in total. The lowest BCUT2D eigenvalue weighted by Crippen LogP contribution is -2.38. The summed E-state index contributed by atoms with van der Waals surface area (Å²) in [5.41, 5.74) is 2.95. The molecule has 2 aromatic heterocycles. The molecule has 0 saturated carbocycles. The fourth-order valence-corrected chi connectivity index (χ4v) is 4.85. The van der Waals surface area contributed by atoms with Crippen LogP contribution in [0, 0.1) is 5.92 Å². The van der Waals surface area contributed by atoms with Gasteiger partial charge in [0.2, 0.25) is 5.95 Å². The number of rotatable bonds is 7. The van der Waals surface area contributed by atoms with E-state index in [2.05, 4.69) is 49.8 Å². The van der Waals surface area contributed by atoms with Gasteiger partial charge >= 0.3 is 0 Å². The Balaban J connectivity index is 1.11. The van der Waals surface area contributed by atoms with Crippen LogP contribution >= 0.6 is 11.8 Å². The van der Waals surface area contributed by atoms with Gasteiger partial charge in [-0.15, -0.1) is 0 Å². The maximum atomic E-state index is 11.8. The monoisotopic (exact) mass is 475 g/mol. The van der Waals surface area contributed by atoms with E-state index in [1.54, 1.807) is 24.6 Å². The van der Waals surface area contributed by atoms with E-state index in [9.17, 15) is 9.59 Å². The number of carbonyl (C=O) groups excluding carboxylic acids is 2. The average molecular weight is 476 g/mol. The van der Waals surface area contributed by atoms with E-state index < -0.39 is 0 Å². The summed E-state index contributed by atoms with van der Waals surface area (Å²) in [5, 5.41) is 5.50. The minimum Gasteiger partial charge on any atom is -0.464 e. The number of hydrogen-bond acceptors (Lipinski definition) is 8. The largest absolute Gasteiger partial charge is 0.464 e. The lowest BCUT2D eigenvalue weighted by atomic mass is 9.97. The third-order valence-electron chi connectivity index (χ3n) is 5.98. The normalized spacial score (nSPS) is 18.0. The molecule has 2 N–H and O–H groups in total. The van der Waals surface area contributed by atoms with E-state index in [-0.39, 0.29) is 11.1 Å². The first-order chi connectivity index (χ1) is 16.6. The van der Waals surface area contributed by atoms with Gasteiger partial charge in [0, 0.05) is 31.4 Å². The zero-order valence-electron chi connectivity index (χ0n) is 18.6. The minimum atomic E-state index is -0.379. The predicted octanol–water partition coefficient (Wildman–Crippen LogP) is 4.07. The number of carbonyl (C=O) groups is 2. The topological polar surface area (TPSA) is 100 Å². The van der Waals surface area contributed by atoms with Crippen molar-refractivity contribution in [2.45, 2.75) is 19.4 Å². The summed E-state index contributed by atoms with van der Waals surface area (Å²) in [6.07, 6.45) is 7.13. The number of piperidine rings is 1. The molecule has 0 radical (unpaired) electrons. The molecule has 34 heavy (non-hydrogen) atoms. The number of hydrogen-bond donors (Lipinski definition) is 2. The molecule has 0 aliphatic carbocycles. The molecular weight excluding hydrogens is 450 g/mol. The molecule has 0 bridgehead atoms. The zero-order chi connectivity index (χ0) is 23.3. The maximum Gasteiger partial charge on any atom is 0.290 e. The second-order valence-corrected chi connectivity index (χ2v) is 9.39. The fourth-order valence-electron chi connectivity index (χ4n) is 4.19. The first-order valence-corrected chi connectivity index (χ1v) is 12.1. The molecule has 2 aliphatic heterocycles. The van der Waals surface area contributed by atoms with Gasteiger partial charge in [0.25, 0.3) is 11.1 Å². The lowest BCUT2D eigenvalue weighted by Gasteiger charge is -2.32. The van der Waals surface area contributed by atoms with Crippen LogP contribution in [0.1, 0.15) is 24.1 Å². The Labute approximate surface area is 201 Å². The van der Waals surface area contributed by atoms with Gasteiger partial charge in [-0.2, -0.15) is 0 Å². The van der Waals surface area contributed by atoms with Crippen molar-refractivity contribution in [3.05, 3.63) is 71.1 Å². The van der Waals surface area contributed by atoms with Crippen LogP contribution < -0.4 is 15.5 Å². The van der Waals surface area contributed by atoms with Crippen LogP contribution in [-0.2, 0) is 11.3 Å². The average Bonchev–Trinajstić information content (AvgIpc) is 3.50. The fraction of sp³-hybridized carbons (Fsp3) is 0.280. The summed E-state index contributed by atoms with van der Waals surface area (Å²) in [5.74, 6) is 1.76.